The molecule has 1 aromatic rings. The number of hydrogen-bond donors (Lipinski definition) is 1. The molecule has 1 aromatic carbocycles. The van der Waals surface area contributed by atoms with E-state index in [4.69, 9.17) is 0 Å². The molecule has 0 unspecified atom stereocenters. The van der Waals surface area contributed by atoms with Crippen molar-refractivity contribution in [1.29, 1.82) is 0 Å². The molecule has 8 heteroatoms. The number of halogens is 3. The highest BCUT2D eigenvalue weighted by molar-refractivity contribution is 7.90. The number of nitrogens with one attached hydrogen (secondary N) is 1. The summed E-state index contributed by atoms with van der Waals surface area (Å²) in [6.45, 7) is 1.80. The average molecular weight is 362 g/mol. The van der Waals surface area contributed by atoms with E-state index >= 15 is 0 Å². The summed E-state index contributed by atoms with van der Waals surface area (Å²) in [6, 6.07) is 5.31. The smallest absolute Gasteiger partial charge is 0.299 e. The van der Waals surface area contributed by atoms with Gasteiger partial charge in [0.1, 0.15) is 0 Å². The van der Waals surface area contributed by atoms with Gasteiger partial charge in [0.15, 0.2) is 0 Å². The van der Waals surface area contributed by atoms with Crippen LogP contribution in [0.25, 0.3) is 0 Å². The zero-order valence-corrected chi connectivity index (χ0v) is 14.0. The quantitative estimate of drug-likeness (QED) is 0.876. The topological polar surface area (TPSA) is 49.4 Å². The molecule has 134 valence electrons. The molecule has 2 aliphatic rings. The summed E-state index contributed by atoms with van der Waals surface area (Å²) < 4.78 is 64.9. The maximum Gasteiger partial charge on any atom is 0.416 e. The Kier molecular flexibility index (Phi) is 4.90. The molecule has 0 radical (unpaired) electrons. The molecular weight excluding hydrogens is 341 g/mol. The number of alkyl halides is 3. The summed E-state index contributed by atoms with van der Waals surface area (Å²) in [6.07, 6.45) is -1.48. The first kappa shape index (κ1) is 17.7. The molecule has 1 aliphatic heterocycles. The Balaban J connectivity index is 1.52. The van der Waals surface area contributed by atoms with Crippen LogP contribution < -0.4 is 4.72 Å². The van der Waals surface area contributed by atoms with Crippen LogP contribution in [0.15, 0.2) is 24.3 Å². The van der Waals surface area contributed by atoms with E-state index in [-0.39, 0.29) is 11.3 Å². The lowest BCUT2D eigenvalue weighted by Gasteiger charge is -2.32. The van der Waals surface area contributed by atoms with Gasteiger partial charge in [0, 0.05) is 25.7 Å². The van der Waals surface area contributed by atoms with Crippen molar-refractivity contribution in [2.75, 3.05) is 13.1 Å². The molecule has 1 heterocycles. The molecule has 0 aromatic heterocycles. The van der Waals surface area contributed by atoms with E-state index < -0.39 is 21.8 Å². The van der Waals surface area contributed by atoms with E-state index in [2.05, 4.69) is 9.62 Å². The molecule has 3 rings (SSSR count). The van der Waals surface area contributed by atoms with Crippen molar-refractivity contribution in [2.24, 2.45) is 0 Å². The lowest BCUT2D eigenvalue weighted by molar-refractivity contribution is -0.137. The Hall–Kier alpha value is -1.12. The van der Waals surface area contributed by atoms with Gasteiger partial charge in [-0.3, -0.25) is 4.90 Å². The minimum Gasteiger partial charge on any atom is -0.299 e. The van der Waals surface area contributed by atoms with Crippen molar-refractivity contribution < 1.29 is 21.6 Å². The monoisotopic (exact) mass is 362 g/mol. The Morgan fingerprint density at radius 3 is 2.38 bits per heavy atom. The summed E-state index contributed by atoms with van der Waals surface area (Å²) in [5.41, 5.74) is -0.00563. The molecular formula is C16H21F3N2O2S. The SMILES string of the molecule is O=S(=O)(NC1CCN(Cc2cccc(C(F)(F)F)c2)CC1)C1CC1. The molecule has 0 atom stereocenters. The molecule has 2 fully saturated rings. The van der Waals surface area contributed by atoms with Gasteiger partial charge in [-0.2, -0.15) is 13.2 Å². The van der Waals surface area contributed by atoms with Crippen LogP contribution in [0.1, 0.15) is 36.8 Å². The van der Waals surface area contributed by atoms with Crippen LogP contribution in [-0.2, 0) is 22.7 Å². The minimum absolute atomic E-state index is 0.0617. The first-order chi connectivity index (χ1) is 11.2. The van der Waals surface area contributed by atoms with E-state index in [1.165, 1.54) is 12.1 Å². The number of nitrogens with zero attached hydrogens (tertiary/aromatic N) is 1. The second-order valence-electron chi connectivity index (χ2n) is 6.61. The van der Waals surface area contributed by atoms with Crippen LogP contribution >= 0.6 is 0 Å². The molecule has 1 aliphatic carbocycles. The zero-order valence-electron chi connectivity index (χ0n) is 13.2. The van der Waals surface area contributed by atoms with Crippen LogP contribution in [0.2, 0.25) is 0 Å². The summed E-state index contributed by atoms with van der Waals surface area (Å²) in [4.78, 5) is 2.07. The van der Waals surface area contributed by atoms with E-state index in [0.29, 0.717) is 38.0 Å². The summed E-state index contributed by atoms with van der Waals surface area (Å²) in [7, 11) is -3.18. The van der Waals surface area contributed by atoms with Gasteiger partial charge >= 0.3 is 6.18 Å². The maximum atomic E-state index is 12.7. The van der Waals surface area contributed by atoms with Gasteiger partial charge in [-0.25, -0.2) is 13.1 Å². The molecule has 1 saturated carbocycles. The second-order valence-corrected chi connectivity index (χ2v) is 8.60. The van der Waals surface area contributed by atoms with Gasteiger partial charge in [0.05, 0.1) is 10.8 Å². The molecule has 24 heavy (non-hydrogen) atoms. The van der Waals surface area contributed by atoms with Crippen LogP contribution in [-0.4, -0.2) is 37.7 Å². The zero-order chi connectivity index (χ0) is 17.4. The molecule has 4 nitrogen and oxygen atoms in total. The van der Waals surface area contributed by atoms with Crippen LogP contribution in [0.5, 0.6) is 0 Å². The van der Waals surface area contributed by atoms with E-state index in [1.807, 2.05) is 0 Å². The predicted octanol–water partition coefficient (Wildman–Crippen LogP) is 2.75. The van der Waals surface area contributed by atoms with Crippen molar-refractivity contribution in [3.05, 3.63) is 35.4 Å². The van der Waals surface area contributed by atoms with E-state index in [0.717, 1.165) is 18.9 Å². The van der Waals surface area contributed by atoms with Gasteiger partial charge in [0.25, 0.3) is 0 Å². The highest BCUT2D eigenvalue weighted by Gasteiger charge is 2.37. The van der Waals surface area contributed by atoms with E-state index in [9.17, 15) is 21.6 Å². The third-order valence-electron chi connectivity index (χ3n) is 4.54. The average Bonchev–Trinajstić information content (AvgIpc) is 3.34. The van der Waals surface area contributed by atoms with Crippen LogP contribution in [0, 0.1) is 0 Å². The highest BCUT2D eigenvalue weighted by Crippen LogP contribution is 2.30. The van der Waals surface area contributed by atoms with Gasteiger partial charge < -0.3 is 0 Å². The van der Waals surface area contributed by atoms with Crippen molar-refractivity contribution in [3.63, 3.8) is 0 Å². The number of hydrogen-bond acceptors (Lipinski definition) is 3. The van der Waals surface area contributed by atoms with Crippen LogP contribution in [0.4, 0.5) is 13.2 Å². The summed E-state index contributed by atoms with van der Waals surface area (Å²) in [5.74, 6) is 0. The lowest BCUT2D eigenvalue weighted by Crippen LogP contribution is -2.45. The molecule has 0 bridgehead atoms. The fourth-order valence-corrected chi connectivity index (χ4v) is 4.67. The fraction of sp³-hybridized carbons (Fsp3) is 0.625. The largest absolute Gasteiger partial charge is 0.416 e. The van der Waals surface area contributed by atoms with Crippen LogP contribution in [0.3, 0.4) is 0 Å². The maximum absolute atomic E-state index is 12.7. The second kappa shape index (κ2) is 6.65. The Labute approximate surface area is 140 Å². The predicted molar refractivity (Wildman–Crippen MR) is 84.8 cm³/mol. The first-order valence-corrected chi connectivity index (χ1v) is 9.68. The standard InChI is InChI=1S/C16H21F3N2O2S/c17-16(18,19)13-3-1-2-12(10-13)11-21-8-6-14(7-9-21)20-24(22,23)15-4-5-15/h1-3,10,14-15,20H,4-9,11H2. The number of sulfonamides is 1. The number of rotatable bonds is 5. The lowest BCUT2D eigenvalue weighted by atomic mass is 10.0. The summed E-state index contributed by atoms with van der Waals surface area (Å²) in [5, 5.41) is -0.222. The highest BCUT2D eigenvalue weighted by atomic mass is 32.2. The van der Waals surface area contributed by atoms with Gasteiger partial charge in [-0.15, -0.1) is 0 Å². The van der Waals surface area contributed by atoms with Crippen molar-refractivity contribution in [1.82, 2.24) is 9.62 Å². The van der Waals surface area contributed by atoms with Crippen molar-refractivity contribution in [2.45, 2.75) is 49.7 Å². The number of piperidine rings is 1. The molecule has 1 saturated heterocycles. The number of benzene rings is 1. The van der Waals surface area contributed by atoms with Gasteiger partial charge in [-0.05, 0) is 37.3 Å². The van der Waals surface area contributed by atoms with Gasteiger partial charge in [0.2, 0.25) is 10.0 Å². The molecule has 0 amide bonds. The van der Waals surface area contributed by atoms with E-state index in [1.54, 1.807) is 6.07 Å². The van der Waals surface area contributed by atoms with Gasteiger partial charge in [-0.1, -0.05) is 18.2 Å². The van der Waals surface area contributed by atoms with Crippen molar-refractivity contribution in [3.8, 4) is 0 Å². The Morgan fingerprint density at radius 2 is 1.79 bits per heavy atom. The number of likely N-dealkylation sites (tertiary alicyclic amines) is 1. The third kappa shape index (κ3) is 4.49. The summed E-state index contributed by atoms with van der Waals surface area (Å²) >= 11 is 0. The first-order valence-electron chi connectivity index (χ1n) is 8.14. The fourth-order valence-electron chi connectivity index (χ4n) is 3.02. The third-order valence-corrected chi connectivity index (χ3v) is 6.55. The normalized spacial score (nSPS) is 21.1. The molecule has 0 spiro atoms. The molecule has 1 N–H and O–H groups in total. The minimum atomic E-state index is -4.33. The Bertz CT molecular complexity index is 679. The Morgan fingerprint density at radius 1 is 1.12 bits per heavy atom. The van der Waals surface area contributed by atoms with Crippen molar-refractivity contribution >= 4 is 10.0 Å².